The molecule has 2 bridgehead atoms. The van der Waals surface area contributed by atoms with Crippen LogP contribution in [0.2, 0.25) is 0 Å². The van der Waals surface area contributed by atoms with Crippen molar-refractivity contribution in [1.82, 2.24) is 0 Å². The average molecular weight is 130 g/mol. The van der Waals surface area contributed by atoms with Crippen LogP contribution in [0.4, 0.5) is 0 Å². The van der Waals surface area contributed by atoms with Crippen LogP contribution >= 0.6 is 0 Å². The Hall–Kier alpha value is -1.37. The molecule has 1 aliphatic carbocycles. The molecule has 0 heterocycles. The van der Waals surface area contributed by atoms with E-state index in [0.717, 1.165) is 11.1 Å². The van der Waals surface area contributed by atoms with E-state index in [1.54, 1.807) is 6.08 Å². The second kappa shape index (κ2) is 1.81. The van der Waals surface area contributed by atoms with Crippen molar-refractivity contribution in [3.63, 3.8) is 0 Å². The summed E-state index contributed by atoms with van der Waals surface area (Å²) in [4.78, 5) is 11.0. The summed E-state index contributed by atoms with van der Waals surface area (Å²) in [7, 11) is 0. The van der Waals surface area contributed by atoms with E-state index in [1.165, 1.54) is 0 Å². The van der Waals surface area contributed by atoms with Crippen LogP contribution in [-0.4, -0.2) is 5.78 Å². The Morgan fingerprint density at radius 3 is 2.80 bits per heavy atom. The molecular weight excluding hydrogens is 124 g/mol. The van der Waals surface area contributed by atoms with Gasteiger partial charge in [0.05, 0.1) is 0 Å². The van der Waals surface area contributed by atoms with E-state index >= 15 is 0 Å². The zero-order valence-electron chi connectivity index (χ0n) is 5.37. The lowest BCUT2D eigenvalue weighted by atomic mass is 10.0. The molecule has 0 unspecified atom stereocenters. The van der Waals surface area contributed by atoms with Gasteiger partial charge < -0.3 is 0 Å². The lowest BCUT2D eigenvalue weighted by Crippen LogP contribution is -1.97. The normalized spacial score (nSPS) is 13.8. The lowest BCUT2D eigenvalue weighted by molar-refractivity contribution is 0.104. The zero-order valence-corrected chi connectivity index (χ0v) is 5.37. The first-order valence-electron chi connectivity index (χ1n) is 3.19. The summed E-state index contributed by atoms with van der Waals surface area (Å²) in [6, 6.07) is 7.59. The smallest absolute Gasteiger partial charge is 0.185 e. The number of fused-ring (bicyclic) bond motifs is 2. The number of ketones is 1. The van der Waals surface area contributed by atoms with Crippen LogP contribution in [0.25, 0.3) is 6.08 Å². The molecular formula is C9H6O. The number of allylic oxidation sites excluding steroid dienone is 1. The van der Waals surface area contributed by atoms with Gasteiger partial charge in [-0.25, -0.2) is 0 Å². The van der Waals surface area contributed by atoms with Crippen molar-refractivity contribution in [2.75, 3.05) is 0 Å². The Kier molecular flexibility index (Phi) is 0.978. The molecule has 0 atom stereocenters. The molecule has 2 rings (SSSR count). The van der Waals surface area contributed by atoms with Gasteiger partial charge in [-0.2, -0.15) is 0 Å². The maximum atomic E-state index is 11.0. The highest BCUT2D eigenvalue weighted by Crippen LogP contribution is 2.13. The first kappa shape index (κ1) is 5.42. The summed E-state index contributed by atoms with van der Waals surface area (Å²) < 4.78 is 0. The van der Waals surface area contributed by atoms with Gasteiger partial charge in [0.2, 0.25) is 0 Å². The zero-order chi connectivity index (χ0) is 6.97. The maximum absolute atomic E-state index is 11.0. The number of hydrogen-bond acceptors (Lipinski definition) is 1. The molecule has 10 heavy (non-hydrogen) atoms. The summed E-state index contributed by atoms with van der Waals surface area (Å²) in [5, 5.41) is 0. The van der Waals surface area contributed by atoms with E-state index in [-0.39, 0.29) is 5.78 Å². The summed E-state index contributed by atoms with van der Waals surface area (Å²) in [5.74, 6) is 0.105. The van der Waals surface area contributed by atoms with Gasteiger partial charge in [-0.05, 0) is 17.7 Å². The quantitative estimate of drug-likeness (QED) is 0.524. The molecule has 0 saturated carbocycles. The van der Waals surface area contributed by atoms with Crippen molar-refractivity contribution in [1.29, 1.82) is 0 Å². The van der Waals surface area contributed by atoms with E-state index in [9.17, 15) is 4.79 Å². The van der Waals surface area contributed by atoms with Gasteiger partial charge in [-0.3, -0.25) is 4.79 Å². The van der Waals surface area contributed by atoms with Crippen molar-refractivity contribution in [3.05, 3.63) is 41.5 Å². The predicted octanol–water partition coefficient (Wildman–Crippen LogP) is 1.90. The summed E-state index contributed by atoms with van der Waals surface area (Å²) in [5.41, 5.74) is 1.90. The fourth-order valence-corrected chi connectivity index (χ4v) is 1.06. The molecule has 0 N–H and O–H groups in total. The van der Waals surface area contributed by atoms with Crippen LogP contribution < -0.4 is 0 Å². The van der Waals surface area contributed by atoms with Crippen LogP contribution in [0.15, 0.2) is 30.3 Å². The maximum Gasteiger partial charge on any atom is 0.185 e. The molecule has 1 aromatic carbocycles. The number of hydrogen-bond donors (Lipinski definition) is 0. The summed E-state index contributed by atoms with van der Waals surface area (Å²) in [6.45, 7) is 0. The van der Waals surface area contributed by atoms with Crippen LogP contribution in [0, 0.1) is 0 Å². The SMILES string of the molecule is O=C1C=Cc2cccc1c2. The third kappa shape index (κ3) is 0.676. The minimum Gasteiger partial charge on any atom is -0.289 e. The van der Waals surface area contributed by atoms with Gasteiger partial charge in [-0.15, -0.1) is 0 Å². The third-order valence-electron chi connectivity index (χ3n) is 1.60. The standard InChI is InChI=1S/C9H6O/c10-9-5-4-7-2-1-3-8(9)6-7/h1-6H. The van der Waals surface area contributed by atoms with E-state index in [1.807, 2.05) is 30.3 Å². The van der Waals surface area contributed by atoms with E-state index in [2.05, 4.69) is 0 Å². The van der Waals surface area contributed by atoms with Crippen LogP contribution in [-0.2, 0) is 0 Å². The Balaban J connectivity index is 2.70. The highest BCUT2D eigenvalue weighted by Gasteiger charge is 2.05. The Morgan fingerprint density at radius 1 is 1.10 bits per heavy atom. The molecule has 1 heteroatoms. The van der Waals surface area contributed by atoms with Crippen molar-refractivity contribution in [2.45, 2.75) is 0 Å². The predicted molar refractivity (Wildman–Crippen MR) is 39.8 cm³/mol. The topological polar surface area (TPSA) is 17.1 Å². The molecule has 1 nitrogen and oxygen atoms in total. The molecule has 0 aliphatic heterocycles. The van der Waals surface area contributed by atoms with Crippen molar-refractivity contribution < 1.29 is 4.79 Å². The molecule has 48 valence electrons. The summed E-state index contributed by atoms with van der Waals surface area (Å²) in [6.07, 6.45) is 3.43. The van der Waals surface area contributed by atoms with Crippen molar-refractivity contribution in [3.8, 4) is 0 Å². The first-order valence-corrected chi connectivity index (χ1v) is 3.19. The fraction of sp³-hybridized carbons (Fsp3) is 0. The minimum atomic E-state index is 0.105. The number of carbonyl (C=O) groups excluding carboxylic acids is 1. The van der Waals surface area contributed by atoms with Crippen LogP contribution in [0.1, 0.15) is 15.9 Å². The first-order chi connectivity index (χ1) is 4.86. The van der Waals surface area contributed by atoms with Gasteiger partial charge in [0.25, 0.3) is 0 Å². The van der Waals surface area contributed by atoms with Gasteiger partial charge in [-0.1, -0.05) is 24.3 Å². The van der Waals surface area contributed by atoms with Gasteiger partial charge >= 0.3 is 0 Å². The van der Waals surface area contributed by atoms with Crippen LogP contribution in [0.3, 0.4) is 0 Å². The molecule has 1 aliphatic rings. The van der Waals surface area contributed by atoms with Gasteiger partial charge in [0.1, 0.15) is 0 Å². The highest BCUT2D eigenvalue weighted by atomic mass is 16.1. The molecule has 0 spiro atoms. The molecule has 0 fully saturated rings. The number of benzene rings is 1. The van der Waals surface area contributed by atoms with Gasteiger partial charge in [0.15, 0.2) is 5.78 Å². The lowest BCUT2D eigenvalue weighted by Gasteiger charge is -2.02. The Morgan fingerprint density at radius 2 is 2.00 bits per heavy atom. The monoisotopic (exact) mass is 130 g/mol. The van der Waals surface area contributed by atoms with Crippen molar-refractivity contribution in [2.24, 2.45) is 0 Å². The Labute approximate surface area is 59.0 Å². The number of carbonyl (C=O) groups is 1. The van der Waals surface area contributed by atoms with Crippen molar-refractivity contribution >= 4 is 11.9 Å². The van der Waals surface area contributed by atoms with E-state index in [0.29, 0.717) is 0 Å². The van der Waals surface area contributed by atoms with Crippen LogP contribution in [0.5, 0.6) is 0 Å². The van der Waals surface area contributed by atoms with Gasteiger partial charge in [0, 0.05) is 5.56 Å². The summed E-state index contributed by atoms with van der Waals surface area (Å²) >= 11 is 0. The number of rotatable bonds is 0. The Bertz CT molecular complexity index is 310. The molecule has 0 amide bonds. The second-order valence-corrected chi connectivity index (χ2v) is 2.32. The minimum absolute atomic E-state index is 0.105. The molecule has 0 aromatic heterocycles. The largest absolute Gasteiger partial charge is 0.289 e. The molecule has 1 aromatic rings. The fourth-order valence-electron chi connectivity index (χ4n) is 1.06. The second-order valence-electron chi connectivity index (χ2n) is 2.32. The highest BCUT2D eigenvalue weighted by molar-refractivity contribution is 6.09. The average Bonchev–Trinajstić information content (AvgIpc) is 1.99. The third-order valence-corrected chi connectivity index (χ3v) is 1.60. The molecule has 0 saturated heterocycles. The van der Waals surface area contributed by atoms with E-state index in [4.69, 9.17) is 0 Å². The molecule has 0 radical (unpaired) electrons. The van der Waals surface area contributed by atoms with E-state index < -0.39 is 0 Å².